The smallest absolute Gasteiger partial charge is 0.410 e. The Bertz CT molecular complexity index is 706. The highest BCUT2D eigenvalue weighted by molar-refractivity contribution is 6.31. The zero-order valence-electron chi connectivity index (χ0n) is 13.7. The number of ether oxygens (including phenoxy) is 1. The van der Waals surface area contributed by atoms with Crippen LogP contribution in [0, 0.1) is 0 Å². The molecule has 0 bridgehead atoms. The average molecular weight is 362 g/mol. The molecule has 0 unspecified atom stereocenters. The predicted molar refractivity (Wildman–Crippen MR) is 95.4 cm³/mol. The Morgan fingerprint density at radius 3 is 2.40 bits per heavy atom. The molecule has 2 rings (SSSR count). The van der Waals surface area contributed by atoms with Crippen molar-refractivity contribution in [2.75, 3.05) is 6.54 Å². The van der Waals surface area contributed by atoms with Crippen LogP contribution in [0.3, 0.4) is 0 Å². The molecule has 0 saturated carbocycles. The van der Waals surface area contributed by atoms with Gasteiger partial charge in [-0.05, 0) is 23.6 Å². The Labute approximate surface area is 151 Å². The van der Waals surface area contributed by atoms with Crippen LogP contribution in [0.5, 0.6) is 0 Å². The highest BCUT2D eigenvalue weighted by Gasteiger charge is 2.17. The van der Waals surface area contributed by atoms with Crippen LogP contribution in [-0.2, 0) is 22.7 Å². The first-order valence-corrected chi connectivity index (χ1v) is 8.35. The molecule has 2 aromatic rings. The van der Waals surface area contributed by atoms with E-state index in [0.29, 0.717) is 11.4 Å². The summed E-state index contributed by atoms with van der Waals surface area (Å²) in [5, 5.41) is 9.35. The summed E-state index contributed by atoms with van der Waals surface area (Å²) in [7, 11) is 0. The molecule has 0 heterocycles. The van der Waals surface area contributed by atoms with Crippen molar-refractivity contribution in [3.8, 4) is 0 Å². The van der Waals surface area contributed by atoms with Crippen LogP contribution in [0.1, 0.15) is 24.0 Å². The lowest BCUT2D eigenvalue weighted by Gasteiger charge is -2.22. The summed E-state index contributed by atoms with van der Waals surface area (Å²) >= 11 is 6.16. The third-order valence-electron chi connectivity index (χ3n) is 3.60. The number of hydrogen-bond donors (Lipinski definition) is 1. The maximum Gasteiger partial charge on any atom is 0.410 e. The Kier molecular flexibility index (Phi) is 7.29. The van der Waals surface area contributed by atoms with Crippen LogP contribution < -0.4 is 0 Å². The van der Waals surface area contributed by atoms with Gasteiger partial charge in [-0.3, -0.25) is 4.79 Å². The van der Waals surface area contributed by atoms with Gasteiger partial charge in [-0.1, -0.05) is 60.1 Å². The number of halogens is 1. The lowest BCUT2D eigenvalue weighted by Crippen LogP contribution is -2.32. The summed E-state index contributed by atoms with van der Waals surface area (Å²) in [6, 6.07) is 16.6. The molecule has 5 nitrogen and oxygen atoms in total. The van der Waals surface area contributed by atoms with Crippen molar-refractivity contribution >= 4 is 23.7 Å². The molecule has 6 heteroatoms. The first kappa shape index (κ1) is 18.8. The van der Waals surface area contributed by atoms with Crippen LogP contribution in [0.25, 0.3) is 0 Å². The Morgan fingerprint density at radius 1 is 1.04 bits per heavy atom. The van der Waals surface area contributed by atoms with Gasteiger partial charge in [0, 0.05) is 18.0 Å². The molecule has 0 aliphatic carbocycles. The number of aliphatic carboxylic acids is 1. The minimum Gasteiger partial charge on any atom is -0.481 e. The van der Waals surface area contributed by atoms with Gasteiger partial charge in [0.25, 0.3) is 0 Å². The molecular weight excluding hydrogens is 342 g/mol. The number of hydrogen-bond acceptors (Lipinski definition) is 3. The average Bonchev–Trinajstić information content (AvgIpc) is 2.61. The van der Waals surface area contributed by atoms with E-state index in [2.05, 4.69) is 0 Å². The number of carboxylic acid groups (broad SMARTS) is 1. The normalized spacial score (nSPS) is 10.3. The van der Waals surface area contributed by atoms with E-state index < -0.39 is 12.1 Å². The molecule has 1 N–H and O–H groups in total. The van der Waals surface area contributed by atoms with Gasteiger partial charge >= 0.3 is 12.1 Å². The molecule has 25 heavy (non-hydrogen) atoms. The topological polar surface area (TPSA) is 66.8 Å². The monoisotopic (exact) mass is 361 g/mol. The maximum atomic E-state index is 12.4. The van der Waals surface area contributed by atoms with E-state index in [4.69, 9.17) is 21.4 Å². The van der Waals surface area contributed by atoms with Crippen molar-refractivity contribution in [3.63, 3.8) is 0 Å². The number of carbonyl (C=O) groups excluding carboxylic acids is 1. The van der Waals surface area contributed by atoms with Crippen LogP contribution in [0.15, 0.2) is 54.6 Å². The Morgan fingerprint density at radius 2 is 1.72 bits per heavy atom. The summed E-state index contributed by atoms with van der Waals surface area (Å²) < 4.78 is 5.36. The van der Waals surface area contributed by atoms with E-state index in [1.54, 1.807) is 6.07 Å². The molecule has 0 spiro atoms. The van der Waals surface area contributed by atoms with Gasteiger partial charge in [0.1, 0.15) is 6.61 Å². The second kappa shape index (κ2) is 9.69. The van der Waals surface area contributed by atoms with E-state index in [9.17, 15) is 9.59 Å². The molecule has 0 radical (unpaired) electrons. The fourth-order valence-electron chi connectivity index (χ4n) is 2.30. The van der Waals surface area contributed by atoms with E-state index in [0.717, 1.165) is 11.1 Å². The van der Waals surface area contributed by atoms with E-state index >= 15 is 0 Å². The first-order valence-electron chi connectivity index (χ1n) is 7.97. The molecule has 0 saturated heterocycles. The van der Waals surface area contributed by atoms with Crippen molar-refractivity contribution in [2.45, 2.75) is 26.0 Å². The highest BCUT2D eigenvalue weighted by atomic mass is 35.5. The van der Waals surface area contributed by atoms with Gasteiger partial charge in [-0.15, -0.1) is 0 Å². The Balaban J connectivity index is 2.00. The number of carboxylic acids is 1. The number of nitrogens with zero attached hydrogens (tertiary/aromatic N) is 1. The zero-order chi connectivity index (χ0) is 18.1. The molecule has 0 aliphatic heterocycles. The number of carbonyl (C=O) groups is 2. The molecule has 0 aromatic heterocycles. The molecule has 132 valence electrons. The van der Waals surface area contributed by atoms with Crippen molar-refractivity contribution in [1.82, 2.24) is 4.90 Å². The molecule has 2 aromatic carbocycles. The highest BCUT2D eigenvalue weighted by Crippen LogP contribution is 2.18. The van der Waals surface area contributed by atoms with Crippen LogP contribution >= 0.6 is 11.6 Å². The van der Waals surface area contributed by atoms with Crippen LogP contribution in [0.2, 0.25) is 5.02 Å². The van der Waals surface area contributed by atoms with E-state index in [-0.39, 0.29) is 26.1 Å². The summed E-state index contributed by atoms with van der Waals surface area (Å²) in [4.78, 5) is 24.6. The SMILES string of the molecule is O=C(O)CCCN(Cc1ccccc1Cl)C(=O)OCc1ccccc1. The van der Waals surface area contributed by atoms with Crippen molar-refractivity contribution in [1.29, 1.82) is 0 Å². The molecular formula is C19H20ClNO4. The van der Waals surface area contributed by atoms with Crippen molar-refractivity contribution in [3.05, 3.63) is 70.7 Å². The minimum absolute atomic E-state index is 0.00894. The van der Waals surface area contributed by atoms with Gasteiger partial charge in [0.2, 0.25) is 0 Å². The summed E-state index contributed by atoms with van der Waals surface area (Å²) in [6.45, 7) is 0.718. The second-order valence-electron chi connectivity index (χ2n) is 5.55. The van der Waals surface area contributed by atoms with E-state index in [1.807, 2.05) is 48.5 Å². The third kappa shape index (κ3) is 6.47. The fraction of sp³-hybridized carbons (Fsp3) is 0.263. The number of rotatable bonds is 8. The van der Waals surface area contributed by atoms with Gasteiger partial charge in [0.15, 0.2) is 0 Å². The predicted octanol–water partition coefficient (Wildman–Crippen LogP) is 4.34. The standard InChI is InChI=1S/C19H20ClNO4/c20-17-10-5-4-9-16(17)13-21(12-6-11-18(22)23)19(24)25-14-15-7-2-1-3-8-15/h1-5,7-10H,6,11-14H2,(H,22,23). The summed E-state index contributed by atoms with van der Waals surface area (Å²) in [6.07, 6.45) is -0.153. The molecule has 0 atom stereocenters. The first-order chi connectivity index (χ1) is 12.1. The van der Waals surface area contributed by atoms with Crippen LogP contribution in [0.4, 0.5) is 4.79 Å². The lowest BCUT2D eigenvalue weighted by atomic mass is 10.2. The van der Waals surface area contributed by atoms with Gasteiger partial charge < -0.3 is 14.7 Å². The van der Waals surface area contributed by atoms with Gasteiger partial charge in [-0.2, -0.15) is 0 Å². The van der Waals surface area contributed by atoms with Gasteiger partial charge in [0.05, 0.1) is 6.54 Å². The lowest BCUT2D eigenvalue weighted by molar-refractivity contribution is -0.137. The molecule has 0 aliphatic rings. The molecule has 1 amide bonds. The fourth-order valence-corrected chi connectivity index (χ4v) is 2.49. The number of benzene rings is 2. The van der Waals surface area contributed by atoms with E-state index in [1.165, 1.54) is 4.90 Å². The largest absolute Gasteiger partial charge is 0.481 e. The van der Waals surface area contributed by atoms with Gasteiger partial charge in [-0.25, -0.2) is 4.79 Å². The minimum atomic E-state index is -0.893. The number of amides is 1. The second-order valence-corrected chi connectivity index (χ2v) is 5.96. The quantitative estimate of drug-likeness (QED) is 0.759. The van der Waals surface area contributed by atoms with Crippen molar-refractivity contribution < 1.29 is 19.4 Å². The van der Waals surface area contributed by atoms with Crippen molar-refractivity contribution in [2.24, 2.45) is 0 Å². The zero-order valence-corrected chi connectivity index (χ0v) is 14.5. The maximum absolute atomic E-state index is 12.4. The Hall–Kier alpha value is -2.53. The summed E-state index contributed by atoms with van der Waals surface area (Å²) in [5.41, 5.74) is 1.68. The van der Waals surface area contributed by atoms with Crippen LogP contribution in [-0.4, -0.2) is 28.6 Å². The molecule has 0 fully saturated rings. The summed E-state index contributed by atoms with van der Waals surface area (Å²) in [5.74, 6) is -0.893. The third-order valence-corrected chi connectivity index (χ3v) is 3.97.